The van der Waals surface area contributed by atoms with Crippen LogP contribution in [0.2, 0.25) is 5.02 Å². The van der Waals surface area contributed by atoms with Crippen molar-refractivity contribution in [3.63, 3.8) is 0 Å². The highest BCUT2D eigenvalue weighted by molar-refractivity contribution is 6.31. The number of aliphatic hydroxyl groups excluding tert-OH is 1. The molecule has 94 valence electrons. The molecule has 0 radical (unpaired) electrons. The first-order valence-corrected chi connectivity index (χ1v) is 6.45. The first kappa shape index (κ1) is 12.8. The number of hydrogen-bond donors (Lipinski definition) is 2. The van der Waals surface area contributed by atoms with Crippen LogP contribution in [0.4, 0.5) is 0 Å². The van der Waals surface area contributed by atoms with Crippen LogP contribution in [0, 0.1) is 0 Å². The van der Waals surface area contributed by atoms with E-state index < -0.39 is 0 Å². The second-order valence-corrected chi connectivity index (χ2v) is 5.07. The maximum atomic E-state index is 9.43. The smallest absolute Gasteiger partial charge is 0.0679 e. The Morgan fingerprint density at radius 2 is 2.24 bits per heavy atom. The summed E-state index contributed by atoms with van der Waals surface area (Å²) in [6.45, 7) is 2.66. The Balaban J connectivity index is 1.85. The molecule has 1 aliphatic rings. The van der Waals surface area contributed by atoms with Crippen molar-refractivity contribution in [1.82, 2.24) is 4.90 Å². The molecular formula is C13H19ClN2O. The second kappa shape index (κ2) is 5.83. The fourth-order valence-electron chi connectivity index (χ4n) is 2.27. The number of nitrogens with two attached hydrogens (primary N) is 1. The SMILES string of the molecule is NC(CCN1CCC(O)C1)c1ccccc1Cl. The van der Waals surface area contributed by atoms with Gasteiger partial charge in [-0.25, -0.2) is 0 Å². The maximum Gasteiger partial charge on any atom is 0.0679 e. The normalized spacial score (nSPS) is 22.9. The largest absolute Gasteiger partial charge is 0.392 e. The van der Waals surface area contributed by atoms with E-state index in [1.54, 1.807) is 0 Å². The molecule has 2 unspecified atom stereocenters. The molecule has 17 heavy (non-hydrogen) atoms. The van der Waals surface area contributed by atoms with E-state index in [4.69, 9.17) is 17.3 Å². The predicted octanol–water partition coefficient (Wildman–Crippen LogP) is 1.80. The number of hydrogen-bond acceptors (Lipinski definition) is 3. The Kier molecular flexibility index (Phi) is 4.40. The van der Waals surface area contributed by atoms with Crippen molar-refractivity contribution < 1.29 is 5.11 Å². The first-order valence-electron chi connectivity index (χ1n) is 6.07. The molecule has 1 fully saturated rings. The zero-order chi connectivity index (χ0) is 12.3. The Hall–Kier alpha value is -0.610. The fourth-order valence-corrected chi connectivity index (χ4v) is 2.54. The van der Waals surface area contributed by atoms with Gasteiger partial charge in [-0.1, -0.05) is 29.8 Å². The average molecular weight is 255 g/mol. The Labute approximate surface area is 107 Å². The molecular weight excluding hydrogens is 236 g/mol. The van der Waals surface area contributed by atoms with Gasteiger partial charge in [-0.3, -0.25) is 0 Å². The van der Waals surface area contributed by atoms with Crippen LogP contribution in [-0.4, -0.2) is 35.7 Å². The van der Waals surface area contributed by atoms with Crippen LogP contribution in [0.3, 0.4) is 0 Å². The number of rotatable bonds is 4. The topological polar surface area (TPSA) is 49.5 Å². The van der Waals surface area contributed by atoms with Gasteiger partial charge in [0.05, 0.1) is 6.10 Å². The summed E-state index contributed by atoms with van der Waals surface area (Å²) in [6, 6.07) is 7.69. The zero-order valence-electron chi connectivity index (χ0n) is 9.85. The molecule has 1 heterocycles. The lowest BCUT2D eigenvalue weighted by atomic mass is 10.0. The lowest BCUT2D eigenvalue weighted by Crippen LogP contribution is -2.26. The summed E-state index contributed by atoms with van der Waals surface area (Å²) in [4.78, 5) is 2.25. The van der Waals surface area contributed by atoms with Crippen molar-refractivity contribution in [2.24, 2.45) is 5.73 Å². The number of nitrogens with zero attached hydrogens (tertiary/aromatic N) is 1. The number of β-amino-alcohol motifs (C(OH)–C–C–N with tert-alkyl or cyclic N) is 1. The van der Waals surface area contributed by atoms with E-state index in [1.807, 2.05) is 24.3 Å². The number of benzene rings is 1. The van der Waals surface area contributed by atoms with E-state index in [1.165, 1.54) is 0 Å². The van der Waals surface area contributed by atoms with Crippen LogP contribution in [0.15, 0.2) is 24.3 Å². The number of halogens is 1. The monoisotopic (exact) mass is 254 g/mol. The molecule has 2 atom stereocenters. The highest BCUT2D eigenvalue weighted by Crippen LogP contribution is 2.23. The summed E-state index contributed by atoms with van der Waals surface area (Å²) >= 11 is 6.10. The summed E-state index contributed by atoms with van der Waals surface area (Å²) in [5.74, 6) is 0. The minimum Gasteiger partial charge on any atom is -0.392 e. The molecule has 0 spiro atoms. The van der Waals surface area contributed by atoms with Gasteiger partial charge in [0.15, 0.2) is 0 Å². The van der Waals surface area contributed by atoms with Gasteiger partial charge >= 0.3 is 0 Å². The highest BCUT2D eigenvalue weighted by atomic mass is 35.5. The predicted molar refractivity (Wildman–Crippen MR) is 70.1 cm³/mol. The molecule has 1 aromatic carbocycles. The third-order valence-electron chi connectivity index (χ3n) is 3.31. The van der Waals surface area contributed by atoms with Gasteiger partial charge in [-0.15, -0.1) is 0 Å². The van der Waals surface area contributed by atoms with Gasteiger partial charge in [0.25, 0.3) is 0 Å². The highest BCUT2D eigenvalue weighted by Gasteiger charge is 2.20. The van der Waals surface area contributed by atoms with Crippen molar-refractivity contribution in [2.45, 2.75) is 25.0 Å². The van der Waals surface area contributed by atoms with E-state index >= 15 is 0 Å². The van der Waals surface area contributed by atoms with Crippen molar-refractivity contribution in [2.75, 3.05) is 19.6 Å². The third-order valence-corrected chi connectivity index (χ3v) is 3.65. The zero-order valence-corrected chi connectivity index (χ0v) is 10.6. The third kappa shape index (κ3) is 3.42. The van der Waals surface area contributed by atoms with E-state index in [2.05, 4.69) is 4.90 Å². The van der Waals surface area contributed by atoms with Gasteiger partial charge in [0, 0.05) is 30.7 Å². The Morgan fingerprint density at radius 3 is 2.88 bits per heavy atom. The standard InChI is InChI=1S/C13H19ClN2O/c14-12-4-2-1-3-11(12)13(15)6-8-16-7-5-10(17)9-16/h1-4,10,13,17H,5-9,15H2. The molecule has 1 aliphatic heterocycles. The van der Waals surface area contributed by atoms with Crippen LogP contribution in [0.25, 0.3) is 0 Å². The van der Waals surface area contributed by atoms with Crippen LogP contribution in [0.1, 0.15) is 24.4 Å². The van der Waals surface area contributed by atoms with Gasteiger partial charge in [0.2, 0.25) is 0 Å². The molecule has 3 nitrogen and oxygen atoms in total. The van der Waals surface area contributed by atoms with Crippen LogP contribution in [0.5, 0.6) is 0 Å². The molecule has 1 aromatic rings. The summed E-state index contributed by atoms with van der Waals surface area (Å²) in [7, 11) is 0. The van der Waals surface area contributed by atoms with Gasteiger partial charge in [0.1, 0.15) is 0 Å². The minimum absolute atomic E-state index is 0.0264. The van der Waals surface area contributed by atoms with Crippen molar-refractivity contribution in [1.29, 1.82) is 0 Å². The van der Waals surface area contributed by atoms with E-state index in [-0.39, 0.29) is 12.1 Å². The van der Waals surface area contributed by atoms with Gasteiger partial charge < -0.3 is 15.7 Å². The summed E-state index contributed by atoms with van der Waals surface area (Å²) in [5, 5.41) is 10.2. The first-order chi connectivity index (χ1) is 8.16. The summed E-state index contributed by atoms with van der Waals surface area (Å²) in [6.07, 6.45) is 1.59. The molecule has 1 saturated heterocycles. The molecule has 0 aliphatic carbocycles. The molecule has 2 rings (SSSR count). The Bertz CT molecular complexity index is 372. The minimum atomic E-state index is -0.161. The van der Waals surface area contributed by atoms with Crippen LogP contribution >= 0.6 is 11.6 Å². The van der Waals surface area contributed by atoms with E-state index in [9.17, 15) is 5.11 Å². The molecule has 0 aromatic heterocycles. The summed E-state index contributed by atoms with van der Waals surface area (Å²) < 4.78 is 0. The van der Waals surface area contributed by atoms with Crippen molar-refractivity contribution >= 4 is 11.6 Å². The second-order valence-electron chi connectivity index (χ2n) is 4.66. The quantitative estimate of drug-likeness (QED) is 0.862. The number of aliphatic hydroxyl groups is 1. The molecule has 3 N–H and O–H groups in total. The van der Waals surface area contributed by atoms with E-state index in [0.717, 1.165) is 43.1 Å². The van der Waals surface area contributed by atoms with Crippen molar-refractivity contribution in [3.8, 4) is 0 Å². The average Bonchev–Trinajstić information content (AvgIpc) is 2.73. The molecule has 0 saturated carbocycles. The lowest BCUT2D eigenvalue weighted by Gasteiger charge is -2.19. The number of likely N-dealkylation sites (tertiary alicyclic amines) is 1. The van der Waals surface area contributed by atoms with Gasteiger partial charge in [-0.2, -0.15) is 0 Å². The molecule has 0 bridgehead atoms. The van der Waals surface area contributed by atoms with Crippen LogP contribution in [-0.2, 0) is 0 Å². The van der Waals surface area contributed by atoms with Gasteiger partial charge in [-0.05, 0) is 24.5 Å². The van der Waals surface area contributed by atoms with Crippen molar-refractivity contribution in [3.05, 3.63) is 34.9 Å². The lowest BCUT2D eigenvalue weighted by molar-refractivity contribution is 0.175. The fraction of sp³-hybridized carbons (Fsp3) is 0.538. The van der Waals surface area contributed by atoms with Crippen LogP contribution < -0.4 is 5.73 Å². The Morgan fingerprint density at radius 1 is 1.47 bits per heavy atom. The molecule has 4 heteroatoms. The molecule has 0 amide bonds. The maximum absolute atomic E-state index is 9.43. The van der Waals surface area contributed by atoms with E-state index in [0.29, 0.717) is 0 Å². The summed E-state index contributed by atoms with van der Waals surface area (Å²) in [5.41, 5.74) is 7.14.